The highest BCUT2D eigenvalue weighted by Gasteiger charge is 2.18. The van der Waals surface area contributed by atoms with Gasteiger partial charge in [-0.25, -0.2) is 0 Å². The number of phenols is 1. The number of rotatable bonds is 5. The van der Waals surface area contributed by atoms with Crippen LogP contribution in [0.25, 0.3) is 0 Å². The smallest absolute Gasteiger partial charge is 0.222 e. The van der Waals surface area contributed by atoms with E-state index in [1.165, 1.54) is 0 Å². The van der Waals surface area contributed by atoms with Crippen molar-refractivity contribution in [1.29, 1.82) is 0 Å². The number of carbonyl (C=O) groups is 1. The van der Waals surface area contributed by atoms with Crippen LogP contribution in [0.1, 0.15) is 31.4 Å². The van der Waals surface area contributed by atoms with Crippen LogP contribution in [-0.2, 0) is 4.79 Å². The minimum absolute atomic E-state index is 0.0430. The quantitative estimate of drug-likeness (QED) is 0.822. The van der Waals surface area contributed by atoms with Gasteiger partial charge in [-0.2, -0.15) is 0 Å². The molecule has 0 saturated heterocycles. The molecule has 1 aromatic carbocycles. The zero-order chi connectivity index (χ0) is 12.8. The average Bonchev–Trinajstić information content (AvgIpc) is 2.34. The summed E-state index contributed by atoms with van der Waals surface area (Å²) in [6.07, 6.45) is 1.12. The molecule has 1 amide bonds. The molecule has 3 nitrogen and oxygen atoms in total. The molecule has 0 bridgehead atoms. The van der Waals surface area contributed by atoms with Gasteiger partial charge >= 0.3 is 0 Å². The van der Waals surface area contributed by atoms with Gasteiger partial charge in [0.05, 0.1) is 6.04 Å². The second-order valence-corrected chi connectivity index (χ2v) is 4.41. The van der Waals surface area contributed by atoms with Crippen LogP contribution in [0.2, 0.25) is 0 Å². The molecule has 17 heavy (non-hydrogen) atoms. The number of carbonyl (C=O) groups excluding carboxylic acids is 1. The Labute approximate surface area is 107 Å². The highest BCUT2D eigenvalue weighted by atomic mass is 35.5. The molecule has 1 aromatic rings. The van der Waals surface area contributed by atoms with Crippen LogP contribution in [0.3, 0.4) is 0 Å². The lowest BCUT2D eigenvalue weighted by atomic mass is 10.1. The molecule has 0 aliphatic heterocycles. The Morgan fingerprint density at radius 2 is 2.12 bits per heavy atom. The van der Waals surface area contributed by atoms with Crippen molar-refractivity contribution < 1.29 is 9.90 Å². The Balaban J connectivity index is 2.72. The van der Waals surface area contributed by atoms with Gasteiger partial charge < -0.3 is 10.0 Å². The van der Waals surface area contributed by atoms with Crippen molar-refractivity contribution in [3.63, 3.8) is 0 Å². The maximum absolute atomic E-state index is 11.8. The zero-order valence-corrected chi connectivity index (χ0v) is 10.9. The maximum atomic E-state index is 11.8. The lowest BCUT2D eigenvalue weighted by Gasteiger charge is -2.25. The molecule has 1 unspecified atom stereocenters. The van der Waals surface area contributed by atoms with Crippen molar-refractivity contribution in [3.8, 4) is 5.75 Å². The fourth-order valence-electron chi connectivity index (χ4n) is 1.66. The highest BCUT2D eigenvalue weighted by Crippen LogP contribution is 2.27. The minimum Gasteiger partial charge on any atom is -0.508 e. The summed E-state index contributed by atoms with van der Waals surface area (Å²) in [6, 6.07) is 6.93. The lowest BCUT2D eigenvalue weighted by molar-refractivity contribution is -0.131. The largest absolute Gasteiger partial charge is 0.508 e. The standard InChI is InChI=1S/C13H18ClNO2/c1-10(11-6-3-4-7-12(11)16)15(2)13(17)8-5-9-14/h3-4,6-7,10,16H,5,8-9H2,1-2H3. The minimum atomic E-state index is -0.140. The summed E-state index contributed by atoms with van der Waals surface area (Å²) >= 11 is 5.56. The Bertz CT molecular complexity index is 381. The van der Waals surface area contributed by atoms with Gasteiger partial charge in [-0.1, -0.05) is 18.2 Å². The Morgan fingerprint density at radius 1 is 1.47 bits per heavy atom. The van der Waals surface area contributed by atoms with Gasteiger partial charge in [0, 0.05) is 24.9 Å². The Hall–Kier alpha value is -1.22. The molecule has 0 aliphatic carbocycles. The first-order chi connectivity index (χ1) is 8.07. The lowest BCUT2D eigenvalue weighted by Crippen LogP contribution is -2.29. The van der Waals surface area contributed by atoms with E-state index >= 15 is 0 Å². The molecule has 0 fully saturated rings. The normalized spacial score (nSPS) is 12.2. The third kappa shape index (κ3) is 3.63. The predicted octanol–water partition coefficient (Wildman–Crippen LogP) is 2.93. The molecule has 1 atom stereocenters. The molecule has 4 heteroatoms. The summed E-state index contributed by atoms with van der Waals surface area (Å²) in [5.41, 5.74) is 0.759. The first-order valence-corrected chi connectivity index (χ1v) is 6.21. The number of amides is 1. The van der Waals surface area contributed by atoms with Crippen LogP contribution in [0.4, 0.5) is 0 Å². The van der Waals surface area contributed by atoms with Crippen molar-refractivity contribution in [2.75, 3.05) is 12.9 Å². The molecule has 0 heterocycles. The van der Waals surface area contributed by atoms with E-state index in [0.717, 1.165) is 5.56 Å². The molecule has 94 valence electrons. The molecular formula is C13H18ClNO2. The van der Waals surface area contributed by atoms with Gasteiger partial charge in [0.2, 0.25) is 5.91 Å². The third-order valence-electron chi connectivity index (χ3n) is 2.89. The second kappa shape index (κ2) is 6.50. The number of halogens is 1. The van der Waals surface area contributed by atoms with E-state index in [1.807, 2.05) is 19.1 Å². The summed E-state index contributed by atoms with van der Waals surface area (Å²) in [4.78, 5) is 13.5. The van der Waals surface area contributed by atoms with Crippen LogP contribution >= 0.6 is 11.6 Å². The zero-order valence-electron chi connectivity index (χ0n) is 10.2. The van der Waals surface area contributed by atoms with Crippen molar-refractivity contribution in [3.05, 3.63) is 29.8 Å². The summed E-state index contributed by atoms with van der Waals surface area (Å²) in [5, 5.41) is 9.73. The molecule has 0 aliphatic rings. The topological polar surface area (TPSA) is 40.5 Å². The van der Waals surface area contributed by atoms with E-state index in [0.29, 0.717) is 18.7 Å². The van der Waals surface area contributed by atoms with E-state index in [1.54, 1.807) is 24.1 Å². The van der Waals surface area contributed by atoms with Crippen LogP contribution < -0.4 is 0 Å². The summed E-state index contributed by atoms with van der Waals surface area (Å²) in [6.45, 7) is 1.90. The maximum Gasteiger partial charge on any atom is 0.222 e. The van der Waals surface area contributed by atoms with Crippen LogP contribution in [0.15, 0.2) is 24.3 Å². The number of phenolic OH excluding ortho intramolecular Hbond substituents is 1. The van der Waals surface area contributed by atoms with Crippen LogP contribution in [-0.4, -0.2) is 28.8 Å². The van der Waals surface area contributed by atoms with Crippen LogP contribution in [0, 0.1) is 0 Å². The molecule has 0 aromatic heterocycles. The highest BCUT2D eigenvalue weighted by molar-refractivity contribution is 6.17. The Kier molecular flexibility index (Phi) is 5.29. The van der Waals surface area contributed by atoms with Crippen molar-refractivity contribution in [2.45, 2.75) is 25.8 Å². The second-order valence-electron chi connectivity index (χ2n) is 4.03. The van der Waals surface area contributed by atoms with Gasteiger partial charge in [0.15, 0.2) is 0 Å². The van der Waals surface area contributed by atoms with E-state index in [4.69, 9.17) is 11.6 Å². The van der Waals surface area contributed by atoms with Crippen molar-refractivity contribution >= 4 is 17.5 Å². The molecule has 1 rings (SSSR count). The van der Waals surface area contributed by atoms with Crippen molar-refractivity contribution in [2.24, 2.45) is 0 Å². The Morgan fingerprint density at radius 3 is 2.71 bits per heavy atom. The van der Waals surface area contributed by atoms with Gasteiger partial charge in [-0.05, 0) is 19.4 Å². The fraction of sp³-hybridized carbons (Fsp3) is 0.462. The van der Waals surface area contributed by atoms with E-state index in [9.17, 15) is 9.90 Å². The van der Waals surface area contributed by atoms with E-state index in [-0.39, 0.29) is 17.7 Å². The number of para-hydroxylation sites is 1. The van der Waals surface area contributed by atoms with E-state index in [2.05, 4.69) is 0 Å². The van der Waals surface area contributed by atoms with Gasteiger partial charge in [0.1, 0.15) is 5.75 Å². The SMILES string of the molecule is CC(c1ccccc1O)N(C)C(=O)CCCCl. The molecule has 0 radical (unpaired) electrons. The molecule has 1 N–H and O–H groups in total. The van der Waals surface area contributed by atoms with Gasteiger partial charge in [0.25, 0.3) is 0 Å². The number of hydrogen-bond acceptors (Lipinski definition) is 2. The number of hydrogen-bond donors (Lipinski definition) is 1. The van der Waals surface area contributed by atoms with Gasteiger partial charge in [-0.3, -0.25) is 4.79 Å². The number of alkyl halides is 1. The van der Waals surface area contributed by atoms with Crippen LogP contribution in [0.5, 0.6) is 5.75 Å². The molecule has 0 spiro atoms. The van der Waals surface area contributed by atoms with Gasteiger partial charge in [-0.15, -0.1) is 11.6 Å². The first-order valence-electron chi connectivity index (χ1n) is 5.67. The third-order valence-corrected chi connectivity index (χ3v) is 3.15. The number of nitrogens with zero attached hydrogens (tertiary/aromatic N) is 1. The summed E-state index contributed by atoms with van der Waals surface area (Å²) < 4.78 is 0. The van der Waals surface area contributed by atoms with Crippen molar-refractivity contribution in [1.82, 2.24) is 4.90 Å². The molecule has 0 saturated carbocycles. The van der Waals surface area contributed by atoms with E-state index < -0.39 is 0 Å². The fourth-order valence-corrected chi connectivity index (χ4v) is 1.79. The molecular weight excluding hydrogens is 238 g/mol. The first kappa shape index (κ1) is 13.8. The average molecular weight is 256 g/mol. The monoisotopic (exact) mass is 255 g/mol. The summed E-state index contributed by atoms with van der Waals surface area (Å²) in [5.74, 6) is 0.753. The number of aromatic hydroxyl groups is 1. The predicted molar refractivity (Wildman–Crippen MR) is 69.2 cm³/mol. The summed E-state index contributed by atoms with van der Waals surface area (Å²) in [7, 11) is 1.74. The number of benzene rings is 1.